The third-order valence-corrected chi connectivity index (χ3v) is 4.82. The highest BCUT2D eigenvalue weighted by Crippen LogP contribution is 2.26. The molecule has 158 valence electrons. The molecule has 2 heterocycles. The summed E-state index contributed by atoms with van der Waals surface area (Å²) in [4.78, 5) is 29.3. The van der Waals surface area contributed by atoms with Crippen LogP contribution in [0.3, 0.4) is 0 Å². The van der Waals surface area contributed by atoms with Gasteiger partial charge in [0.05, 0.1) is 18.7 Å². The molecule has 1 aromatic carbocycles. The van der Waals surface area contributed by atoms with E-state index < -0.39 is 23.0 Å². The number of nitrogens with one attached hydrogen (secondary N) is 1. The van der Waals surface area contributed by atoms with Gasteiger partial charge < -0.3 is 24.8 Å². The van der Waals surface area contributed by atoms with Crippen molar-refractivity contribution in [3.8, 4) is 5.75 Å². The van der Waals surface area contributed by atoms with Gasteiger partial charge >= 0.3 is 0 Å². The van der Waals surface area contributed by atoms with Gasteiger partial charge in [-0.3, -0.25) is 14.6 Å². The highest BCUT2D eigenvalue weighted by atomic mass is 19.1. The Balaban J connectivity index is 2.02. The monoisotopic (exact) mass is 415 g/mol. The molecule has 0 aliphatic rings. The van der Waals surface area contributed by atoms with Crippen molar-refractivity contribution in [1.82, 2.24) is 14.9 Å². The number of aliphatic hydroxyl groups is 1. The van der Waals surface area contributed by atoms with Crippen molar-refractivity contribution in [2.45, 2.75) is 13.0 Å². The fraction of sp³-hybridized carbons (Fsp3) is 0.286. The molecule has 8 nitrogen and oxygen atoms in total. The van der Waals surface area contributed by atoms with Crippen molar-refractivity contribution in [3.05, 3.63) is 68.9 Å². The number of rotatable bonds is 7. The number of hydrogen-bond donors (Lipinski definition) is 3. The summed E-state index contributed by atoms with van der Waals surface area (Å²) in [6, 6.07) is 5.81. The molecule has 0 fully saturated rings. The van der Waals surface area contributed by atoms with Crippen LogP contribution in [0.5, 0.6) is 5.75 Å². The van der Waals surface area contributed by atoms with Crippen LogP contribution in [-0.4, -0.2) is 45.9 Å². The van der Waals surface area contributed by atoms with Crippen molar-refractivity contribution < 1.29 is 24.1 Å². The molecule has 0 aliphatic heterocycles. The lowest BCUT2D eigenvalue weighted by Crippen LogP contribution is -2.34. The zero-order valence-electron chi connectivity index (χ0n) is 16.6. The number of methoxy groups -OCH3 is 1. The van der Waals surface area contributed by atoms with Gasteiger partial charge in [0.25, 0.3) is 11.5 Å². The molecule has 0 saturated heterocycles. The third kappa shape index (κ3) is 4.17. The van der Waals surface area contributed by atoms with Crippen LogP contribution in [0.25, 0.3) is 11.0 Å². The Kier molecular flexibility index (Phi) is 6.43. The minimum atomic E-state index is -0.711. The maximum atomic E-state index is 13.4. The first-order valence-corrected chi connectivity index (χ1v) is 9.23. The van der Waals surface area contributed by atoms with Crippen molar-refractivity contribution >= 4 is 16.9 Å². The zero-order chi connectivity index (χ0) is 21.8. The SMILES string of the molecule is COCCNC(=O)c1c(O)c2ncc(Cc3ccc(F)cc3CO)cc2n(C)c1=O. The summed E-state index contributed by atoms with van der Waals surface area (Å²) >= 11 is 0. The van der Waals surface area contributed by atoms with E-state index in [9.17, 15) is 24.2 Å². The van der Waals surface area contributed by atoms with E-state index in [4.69, 9.17) is 4.74 Å². The van der Waals surface area contributed by atoms with Gasteiger partial charge in [0.2, 0.25) is 0 Å². The van der Waals surface area contributed by atoms with Crippen molar-refractivity contribution in [2.24, 2.45) is 7.05 Å². The first-order chi connectivity index (χ1) is 14.4. The number of hydrogen-bond acceptors (Lipinski definition) is 6. The van der Waals surface area contributed by atoms with E-state index in [1.165, 1.54) is 37.1 Å². The summed E-state index contributed by atoms with van der Waals surface area (Å²) in [5.41, 5.74) is 1.26. The molecule has 1 amide bonds. The van der Waals surface area contributed by atoms with E-state index in [0.717, 1.165) is 0 Å². The Bertz CT molecular complexity index is 1160. The molecular weight excluding hydrogens is 393 g/mol. The quantitative estimate of drug-likeness (QED) is 0.501. The van der Waals surface area contributed by atoms with Crippen LogP contribution < -0.4 is 10.9 Å². The Morgan fingerprint density at radius 2 is 2.07 bits per heavy atom. The summed E-state index contributed by atoms with van der Waals surface area (Å²) in [5.74, 6) is -1.65. The highest BCUT2D eigenvalue weighted by Gasteiger charge is 2.22. The first kappa shape index (κ1) is 21.4. The number of fused-ring (bicyclic) bond motifs is 1. The Labute approximate surface area is 171 Å². The second-order valence-corrected chi connectivity index (χ2v) is 6.80. The van der Waals surface area contributed by atoms with E-state index in [0.29, 0.717) is 28.6 Å². The molecule has 0 unspecified atom stereocenters. The average molecular weight is 415 g/mol. The summed E-state index contributed by atoms with van der Waals surface area (Å²) in [6.07, 6.45) is 1.84. The molecule has 2 aromatic heterocycles. The fourth-order valence-corrected chi connectivity index (χ4v) is 3.22. The van der Waals surface area contributed by atoms with Crippen LogP contribution in [0.2, 0.25) is 0 Å². The summed E-state index contributed by atoms with van der Waals surface area (Å²) in [5, 5.41) is 22.5. The van der Waals surface area contributed by atoms with E-state index in [1.807, 2.05) is 0 Å². The molecule has 3 aromatic rings. The van der Waals surface area contributed by atoms with Gasteiger partial charge in [-0.05, 0) is 41.3 Å². The van der Waals surface area contributed by atoms with Crippen LogP contribution in [0.1, 0.15) is 27.0 Å². The molecule has 3 N–H and O–H groups in total. The standard InChI is InChI=1S/C21H22FN3O5/c1-25-16-8-12(7-13-3-4-15(22)9-14(13)11-26)10-24-18(16)19(27)17(21(25)29)20(28)23-5-6-30-2/h3-4,8-10,26-27H,5-7,11H2,1-2H3,(H,23,28). The molecule has 0 aliphatic carbocycles. The number of halogens is 1. The maximum absolute atomic E-state index is 13.4. The molecule has 0 spiro atoms. The number of carbonyl (C=O) groups is 1. The number of aromatic hydroxyl groups is 1. The molecule has 3 rings (SSSR count). The fourth-order valence-electron chi connectivity index (χ4n) is 3.22. The lowest BCUT2D eigenvalue weighted by molar-refractivity contribution is 0.0932. The number of carbonyl (C=O) groups excluding carboxylic acids is 1. The van der Waals surface area contributed by atoms with Gasteiger partial charge in [0.15, 0.2) is 5.75 Å². The lowest BCUT2D eigenvalue weighted by Gasteiger charge is -2.13. The van der Waals surface area contributed by atoms with Gasteiger partial charge in [-0.1, -0.05) is 6.07 Å². The van der Waals surface area contributed by atoms with Gasteiger partial charge in [-0.15, -0.1) is 0 Å². The molecule has 0 radical (unpaired) electrons. The largest absolute Gasteiger partial charge is 0.505 e. The number of nitrogens with zero attached hydrogens (tertiary/aromatic N) is 2. The van der Waals surface area contributed by atoms with Crippen molar-refractivity contribution in [2.75, 3.05) is 20.3 Å². The van der Waals surface area contributed by atoms with Gasteiger partial charge in [-0.2, -0.15) is 0 Å². The minimum Gasteiger partial charge on any atom is -0.505 e. The Morgan fingerprint density at radius 1 is 1.30 bits per heavy atom. The first-order valence-electron chi connectivity index (χ1n) is 9.23. The van der Waals surface area contributed by atoms with Crippen molar-refractivity contribution in [1.29, 1.82) is 0 Å². The molecule has 9 heteroatoms. The number of amides is 1. The van der Waals surface area contributed by atoms with E-state index in [1.54, 1.807) is 12.1 Å². The minimum absolute atomic E-state index is 0.110. The highest BCUT2D eigenvalue weighted by molar-refractivity contribution is 6.01. The van der Waals surface area contributed by atoms with Crippen LogP contribution >= 0.6 is 0 Å². The number of aromatic nitrogens is 2. The second kappa shape index (κ2) is 9.02. The predicted molar refractivity (Wildman–Crippen MR) is 108 cm³/mol. The van der Waals surface area contributed by atoms with Crippen LogP contribution in [-0.2, 0) is 24.8 Å². The molecule has 0 saturated carbocycles. The summed E-state index contributed by atoms with van der Waals surface area (Å²) in [6.45, 7) is 0.142. The molecule has 0 atom stereocenters. The average Bonchev–Trinajstić information content (AvgIpc) is 2.73. The zero-order valence-corrected chi connectivity index (χ0v) is 16.6. The van der Waals surface area contributed by atoms with Crippen LogP contribution in [0.4, 0.5) is 4.39 Å². The molecular formula is C21H22FN3O5. The third-order valence-electron chi connectivity index (χ3n) is 4.82. The van der Waals surface area contributed by atoms with Gasteiger partial charge in [0.1, 0.15) is 16.9 Å². The van der Waals surface area contributed by atoms with E-state index >= 15 is 0 Å². The number of pyridine rings is 2. The summed E-state index contributed by atoms with van der Waals surface area (Å²) in [7, 11) is 2.97. The molecule has 0 bridgehead atoms. The smallest absolute Gasteiger partial charge is 0.267 e. The Hall–Kier alpha value is -3.30. The topological polar surface area (TPSA) is 114 Å². The van der Waals surface area contributed by atoms with E-state index in [-0.39, 0.29) is 30.8 Å². The maximum Gasteiger partial charge on any atom is 0.267 e. The van der Waals surface area contributed by atoms with E-state index in [2.05, 4.69) is 10.3 Å². The normalized spacial score (nSPS) is 11.1. The second-order valence-electron chi connectivity index (χ2n) is 6.80. The van der Waals surface area contributed by atoms with Crippen molar-refractivity contribution in [3.63, 3.8) is 0 Å². The van der Waals surface area contributed by atoms with Gasteiger partial charge in [-0.25, -0.2) is 4.39 Å². The molecule has 30 heavy (non-hydrogen) atoms. The number of aliphatic hydroxyl groups excluding tert-OH is 1. The van der Waals surface area contributed by atoms with Crippen LogP contribution in [0.15, 0.2) is 35.3 Å². The number of benzene rings is 1. The Morgan fingerprint density at radius 3 is 2.77 bits per heavy atom. The predicted octanol–water partition coefficient (Wildman–Crippen LogP) is 1.24. The summed E-state index contributed by atoms with van der Waals surface area (Å²) < 4.78 is 19.5. The van der Waals surface area contributed by atoms with Crippen LogP contribution in [0, 0.1) is 5.82 Å². The number of aryl methyl sites for hydroxylation is 1. The lowest BCUT2D eigenvalue weighted by atomic mass is 10.0. The van der Waals surface area contributed by atoms with Gasteiger partial charge in [0, 0.05) is 26.9 Å². The number of ether oxygens (including phenoxy) is 1.